The van der Waals surface area contributed by atoms with Gasteiger partial charge in [0, 0.05) is 48.5 Å². The van der Waals surface area contributed by atoms with Crippen molar-refractivity contribution in [1.29, 1.82) is 0 Å². The first-order valence-electron chi connectivity index (χ1n) is 9.52. The molecule has 2 N–H and O–H groups in total. The molecule has 7 heteroatoms. The molecule has 2 heterocycles. The maximum Gasteiger partial charge on any atom is 0.255 e. The first-order valence-corrected chi connectivity index (χ1v) is 9.52. The molecule has 7 nitrogen and oxygen atoms in total. The van der Waals surface area contributed by atoms with E-state index in [2.05, 4.69) is 15.6 Å². The van der Waals surface area contributed by atoms with Crippen LogP contribution < -0.4 is 10.6 Å². The molecule has 0 spiro atoms. The molecular weight excluding hydrogens is 368 g/mol. The van der Waals surface area contributed by atoms with Gasteiger partial charge in [-0.15, -0.1) is 0 Å². The Labute approximate surface area is 168 Å². The van der Waals surface area contributed by atoms with Crippen molar-refractivity contribution in [1.82, 2.24) is 9.55 Å². The molecule has 0 radical (unpaired) electrons. The summed E-state index contributed by atoms with van der Waals surface area (Å²) in [6.45, 7) is 0.609. The van der Waals surface area contributed by atoms with Crippen LogP contribution in [-0.4, -0.2) is 34.1 Å². The van der Waals surface area contributed by atoms with E-state index < -0.39 is 6.10 Å². The quantitative estimate of drug-likeness (QED) is 0.699. The van der Waals surface area contributed by atoms with Gasteiger partial charge in [0.2, 0.25) is 0 Å². The molecule has 1 unspecified atom stereocenters. The largest absolute Gasteiger partial charge is 0.368 e. The molecule has 2 amide bonds. The molecule has 1 saturated heterocycles. The van der Waals surface area contributed by atoms with Crippen LogP contribution in [0.25, 0.3) is 11.4 Å². The molecular formula is C22H22N4O3. The van der Waals surface area contributed by atoms with E-state index in [9.17, 15) is 9.59 Å². The summed E-state index contributed by atoms with van der Waals surface area (Å²) in [7, 11) is 1.92. The Balaban J connectivity index is 1.46. The number of ether oxygens (including phenoxy) is 1. The van der Waals surface area contributed by atoms with Crippen molar-refractivity contribution in [2.24, 2.45) is 7.05 Å². The second-order valence-corrected chi connectivity index (χ2v) is 6.97. The van der Waals surface area contributed by atoms with E-state index in [1.165, 1.54) is 0 Å². The highest BCUT2D eigenvalue weighted by molar-refractivity contribution is 6.05. The Bertz CT molecular complexity index is 1040. The van der Waals surface area contributed by atoms with Crippen molar-refractivity contribution in [3.8, 4) is 11.4 Å². The zero-order valence-electron chi connectivity index (χ0n) is 16.1. The summed E-state index contributed by atoms with van der Waals surface area (Å²) >= 11 is 0. The second-order valence-electron chi connectivity index (χ2n) is 6.97. The zero-order chi connectivity index (χ0) is 20.2. The van der Waals surface area contributed by atoms with Gasteiger partial charge in [0.15, 0.2) is 0 Å². The van der Waals surface area contributed by atoms with Gasteiger partial charge in [0.25, 0.3) is 11.8 Å². The number of aromatic nitrogens is 2. The molecule has 2 aromatic carbocycles. The van der Waals surface area contributed by atoms with E-state index in [1.54, 1.807) is 30.5 Å². The number of carbonyl (C=O) groups excluding carboxylic acids is 2. The summed E-state index contributed by atoms with van der Waals surface area (Å²) in [5.41, 5.74) is 2.61. The van der Waals surface area contributed by atoms with Crippen LogP contribution in [0.5, 0.6) is 0 Å². The Morgan fingerprint density at radius 1 is 1.10 bits per heavy atom. The average molecular weight is 390 g/mol. The number of imidazole rings is 1. The summed E-state index contributed by atoms with van der Waals surface area (Å²) in [6.07, 6.45) is 4.80. The Morgan fingerprint density at radius 3 is 2.62 bits per heavy atom. The van der Waals surface area contributed by atoms with Gasteiger partial charge in [-0.1, -0.05) is 18.2 Å². The maximum atomic E-state index is 12.7. The van der Waals surface area contributed by atoms with Crippen LogP contribution in [0.15, 0.2) is 60.9 Å². The van der Waals surface area contributed by atoms with Crippen molar-refractivity contribution >= 4 is 23.2 Å². The number of carbonyl (C=O) groups is 2. The van der Waals surface area contributed by atoms with Gasteiger partial charge < -0.3 is 19.9 Å². The molecule has 0 bridgehead atoms. The fraction of sp³-hybridized carbons (Fsp3) is 0.227. The van der Waals surface area contributed by atoms with E-state index in [4.69, 9.17) is 4.74 Å². The van der Waals surface area contributed by atoms with Gasteiger partial charge in [0.1, 0.15) is 11.9 Å². The fourth-order valence-corrected chi connectivity index (χ4v) is 3.33. The number of nitrogens with zero attached hydrogens (tertiary/aromatic N) is 2. The molecule has 0 saturated carbocycles. The number of amides is 2. The van der Waals surface area contributed by atoms with Crippen LogP contribution in [0.4, 0.5) is 11.4 Å². The summed E-state index contributed by atoms with van der Waals surface area (Å²) in [5.74, 6) is 0.387. The fourth-order valence-electron chi connectivity index (χ4n) is 3.33. The first kappa shape index (κ1) is 18.9. The van der Waals surface area contributed by atoms with Crippen molar-refractivity contribution in [3.63, 3.8) is 0 Å². The lowest BCUT2D eigenvalue weighted by molar-refractivity contribution is -0.124. The molecule has 1 fully saturated rings. The average Bonchev–Trinajstić information content (AvgIpc) is 3.40. The van der Waals surface area contributed by atoms with Gasteiger partial charge >= 0.3 is 0 Å². The normalized spacial score (nSPS) is 15.8. The predicted octanol–water partition coefficient (Wildman–Crippen LogP) is 3.46. The maximum absolute atomic E-state index is 12.7. The number of benzene rings is 2. The molecule has 1 aromatic heterocycles. The lowest BCUT2D eigenvalue weighted by Crippen LogP contribution is -2.27. The minimum Gasteiger partial charge on any atom is -0.368 e. The SMILES string of the molecule is Cn1ccnc1-c1cccc(NC(=O)c2cccc(NC(=O)C3CCCO3)c2)c1. The minimum absolute atomic E-state index is 0.178. The van der Waals surface area contributed by atoms with E-state index in [-0.39, 0.29) is 11.8 Å². The lowest BCUT2D eigenvalue weighted by atomic mass is 10.1. The third-order valence-electron chi connectivity index (χ3n) is 4.81. The van der Waals surface area contributed by atoms with E-state index in [0.717, 1.165) is 24.2 Å². The van der Waals surface area contributed by atoms with Crippen LogP contribution in [0, 0.1) is 0 Å². The number of hydrogen-bond acceptors (Lipinski definition) is 4. The van der Waals surface area contributed by atoms with Gasteiger partial charge in [-0.2, -0.15) is 0 Å². The van der Waals surface area contributed by atoms with Gasteiger partial charge in [-0.25, -0.2) is 4.98 Å². The van der Waals surface area contributed by atoms with E-state index >= 15 is 0 Å². The summed E-state index contributed by atoms with van der Waals surface area (Å²) in [5, 5.41) is 5.72. The first-order chi connectivity index (χ1) is 14.1. The zero-order valence-corrected chi connectivity index (χ0v) is 16.1. The van der Waals surface area contributed by atoms with Crippen LogP contribution in [0.2, 0.25) is 0 Å². The summed E-state index contributed by atoms with van der Waals surface area (Å²) < 4.78 is 7.31. The highest BCUT2D eigenvalue weighted by atomic mass is 16.5. The van der Waals surface area contributed by atoms with Gasteiger partial charge in [0.05, 0.1) is 0 Å². The molecule has 3 aromatic rings. The second kappa shape index (κ2) is 8.28. The van der Waals surface area contributed by atoms with Crippen molar-refractivity contribution < 1.29 is 14.3 Å². The molecule has 1 atom stereocenters. The lowest BCUT2D eigenvalue weighted by Gasteiger charge is -2.12. The molecule has 0 aliphatic carbocycles. The van der Waals surface area contributed by atoms with Crippen LogP contribution in [-0.2, 0) is 16.6 Å². The third kappa shape index (κ3) is 4.35. The van der Waals surface area contributed by atoms with Gasteiger partial charge in [-0.3, -0.25) is 9.59 Å². The molecule has 29 heavy (non-hydrogen) atoms. The predicted molar refractivity (Wildman–Crippen MR) is 111 cm³/mol. The van der Waals surface area contributed by atoms with E-state index in [0.29, 0.717) is 23.5 Å². The summed E-state index contributed by atoms with van der Waals surface area (Å²) in [6, 6.07) is 14.4. The van der Waals surface area contributed by atoms with Crippen LogP contribution in [0.1, 0.15) is 23.2 Å². The van der Waals surface area contributed by atoms with Crippen LogP contribution >= 0.6 is 0 Å². The standard InChI is InChI=1S/C22H22N4O3/c1-26-11-10-23-20(26)15-5-2-7-17(13-15)24-21(27)16-6-3-8-18(14-16)25-22(28)19-9-4-12-29-19/h2-3,5-8,10-11,13-14,19H,4,9,12H2,1H3,(H,24,27)(H,25,28). The number of anilines is 2. The smallest absolute Gasteiger partial charge is 0.255 e. The molecule has 148 valence electrons. The molecule has 1 aliphatic rings. The Hall–Kier alpha value is -3.45. The Morgan fingerprint density at radius 2 is 1.90 bits per heavy atom. The van der Waals surface area contributed by atoms with Crippen molar-refractivity contribution in [2.45, 2.75) is 18.9 Å². The van der Waals surface area contributed by atoms with Crippen molar-refractivity contribution in [3.05, 3.63) is 66.5 Å². The highest BCUT2D eigenvalue weighted by Crippen LogP contribution is 2.22. The molecule has 1 aliphatic heterocycles. The number of nitrogens with one attached hydrogen (secondary N) is 2. The third-order valence-corrected chi connectivity index (χ3v) is 4.81. The monoisotopic (exact) mass is 390 g/mol. The van der Waals surface area contributed by atoms with Gasteiger partial charge in [-0.05, 0) is 43.2 Å². The van der Waals surface area contributed by atoms with E-state index in [1.807, 2.05) is 42.1 Å². The molecule has 4 rings (SSSR count). The number of aryl methyl sites for hydroxylation is 1. The Kier molecular flexibility index (Phi) is 5.39. The van der Waals surface area contributed by atoms with Crippen molar-refractivity contribution in [2.75, 3.05) is 17.2 Å². The number of hydrogen-bond donors (Lipinski definition) is 2. The minimum atomic E-state index is -0.415. The highest BCUT2D eigenvalue weighted by Gasteiger charge is 2.23. The number of rotatable bonds is 5. The topological polar surface area (TPSA) is 85.3 Å². The summed E-state index contributed by atoms with van der Waals surface area (Å²) in [4.78, 5) is 29.3. The van der Waals surface area contributed by atoms with Crippen LogP contribution in [0.3, 0.4) is 0 Å².